The van der Waals surface area contributed by atoms with E-state index in [1.807, 2.05) is 6.07 Å². The van der Waals surface area contributed by atoms with Crippen LogP contribution in [0.5, 0.6) is 0 Å². The Hall–Kier alpha value is -8.33. The molecule has 60 heavy (non-hydrogen) atoms. The lowest BCUT2D eigenvalue weighted by atomic mass is 10.0. The number of fused-ring (bicyclic) bond motifs is 12. The third-order valence-electron chi connectivity index (χ3n) is 10.3. The van der Waals surface area contributed by atoms with Crippen LogP contribution in [0.4, 0.5) is 0 Å². The summed E-state index contributed by atoms with van der Waals surface area (Å²) in [5, 5.41) is 6.82. The molecule has 5 heteroatoms. The van der Waals surface area contributed by atoms with Crippen LogP contribution < -0.4 is 0 Å². The summed E-state index contributed by atoms with van der Waals surface area (Å²) in [5.41, 5.74) is -13.1. The van der Waals surface area contributed by atoms with Crippen LogP contribution in [-0.4, -0.2) is 18.3 Å². The molecule has 0 atom stereocenters. The molecule has 9 aromatic carbocycles. The van der Waals surface area contributed by atoms with Crippen molar-refractivity contribution in [2.24, 2.45) is 0 Å². The number of hydrogen-bond acceptors (Lipinski definition) is 1. The molecule has 4 heterocycles. The number of nitriles is 1. The van der Waals surface area contributed by atoms with Crippen LogP contribution in [0.1, 0.15) is 50.8 Å². The molecule has 4 aromatic heterocycles. The maximum Gasteiger partial charge on any atom is 0.104 e. The van der Waals surface area contributed by atoms with Crippen molar-refractivity contribution >= 4 is 87.2 Å². The Bertz CT molecular complexity index is 5270. The van der Waals surface area contributed by atoms with Crippen molar-refractivity contribution in [1.29, 1.82) is 5.26 Å². The summed E-state index contributed by atoms with van der Waals surface area (Å²) in [6, 6.07) is -33.4. The molecule has 0 fully saturated rings. The van der Waals surface area contributed by atoms with Gasteiger partial charge in [0.25, 0.3) is 0 Å². The lowest BCUT2D eigenvalue weighted by Gasteiger charge is -2.25. The third kappa shape index (κ3) is 4.29. The van der Waals surface area contributed by atoms with Crippen LogP contribution in [-0.2, 0) is 0 Å². The van der Waals surface area contributed by atoms with E-state index in [4.69, 9.17) is 21.9 Å². The minimum Gasteiger partial charge on any atom is -0.307 e. The number of benzene rings is 9. The zero-order chi connectivity index (χ0) is 68.2. The standard InChI is InChI=1S/C55H33N5/c56-34-43-54(59-48-29-13-5-21-39(48)40-22-6-14-30-49(40)59)52(57-44-25-9-1-17-35(44)36-18-2-10-26-45(36)57)33-53(58-46-27-11-3-19-37(46)38-20-4-12-28-47(38)58)55(43)60-50-31-15-7-23-41(50)42-24-8-16-32-51(42)60/h1-33H/i1D,2D,3D,4D,5D,6D,7D,8D,9D,10D,11D,12D,13D,14D,15D,16D,17D,18D,19D,20D,21D,22D,23D,24D,25D,26D,27D,28D,29D,30D,31D,32D,33D. The van der Waals surface area contributed by atoms with Gasteiger partial charge in [-0.1, -0.05) is 145 Å². The van der Waals surface area contributed by atoms with E-state index < -0.39 is 315 Å². The second-order valence-electron chi connectivity index (χ2n) is 13.1. The Kier molecular flexibility index (Phi) is 2.92. The number of rotatable bonds is 4. The Morgan fingerprint density at radius 3 is 0.717 bits per heavy atom. The Morgan fingerprint density at radius 2 is 0.500 bits per heavy atom. The van der Waals surface area contributed by atoms with Crippen LogP contribution in [0.2, 0.25) is 0 Å². The minimum atomic E-state index is -1.41. The molecule has 0 amide bonds. The van der Waals surface area contributed by atoms with Crippen molar-refractivity contribution < 1.29 is 45.2 Å². The average molecular weight is 797 g/mol. The second kappa shape index (κ2) is 12.3. The Morgan fingerprint density at radius 1 is 0.300 bits per heavy atom. The van der Waals surface area contributed by atoms with Crippen LogP contribution in [0.25, 0.3) is 110 Å². The fraction of sp³-hybridized carbons (Fsp3) is 0. The number of para-hydroxylation sites is 8. The van der Waals surface area contributed by atoms with E-state index in [1.165, 1.54) is 0 Å². The van der Waals surface area contributed by atoms with Crippen molar-refractivity contribution in [3.63, 3.8) is 0 Å². The zero-order valence-electron chi connectivity index (χ0n) is 62.7. The molecule has 0 N–H and O–H groups in total. The quantitative estimate of drug-likeness (QED) is 0.175. The zero-order valence-corrected chi connectivity index (χ0v) is 29.7. The van der Waals surface area contributed by atoms with Crippen molar-refractivity contribution in [1.82, 2.24) is 18.3 Å². The SMILES string of the molecule is [2H]c1c(-n2c3c([2H])c([2H])c([2H])c([2H])c3c3c([2H])c([2H])c([2H])c([2H])c32)c(-n2c3c([2H])c([2H])c([2H])c([2H])c3c3c([2H])c([2H])c([2H])c([2H])c32)c(C#N)c(-n2c3c([2H])c([2H])c([2H])c([2H])c3c3c([2H])c([2H])c([2H])c([2H])c32)c1-n1c2c([2H])c([2H])c([2H])c([2H])c2c2c([2H])c([2H])c([2H])c([2H])c21. The number of nitrogens with zero attached hydrogens (tertiary/aromatic N) is 5. The van der Waals surface area contributed by atoms with E-state index in [2.05, 4.69) is 0 Å². The van der Waals surface area contributed by atoms with Gasteiger partial charge in [-0.2, -0.15) is 5.26 Å². The minimum absolute atomic E-state index is 0.601. The summed E-state index contributed by atoms with van der Waals surface area (Å²) in [7, 11) is 0. The second-order valence-corrected chi connectivity index (χ2v) is 13.1. The average Bonchev–Trinajstić information content (AvgIpc) is 1.53. The molecule has 0 aliphatic rings. The lowest BCUT2D eigenvalue weighted by molar-refractivity contribution is 1.03. The van der Waals surface area contributed by atoms with Gasteiger partial charge in [0.1, 0.15) is 11.6 Å². The van der Waals surface area contributed by atoms with Crippen LogP contribution in [0, 0.1) is 11.3 Å². The fourth-order valence-electron chi connectivity index (χ4n) is 8.02. The molecule has 5 nitrogen and oxygen atoms in total. The van der Waals surface area contributed by atoms with E-state index >= 15 is 0 Å². The van der Waals surface area contributed by atoms with Gasteiger partial charge < -0.3 is 18.3 Å². The number of hydrogen-bond donors (Lipinski definition) is 0. The first kappa shape index (κ1) is 14.2. The summed E-state index contributed by atoms with van der Waals surface area (Å²) in [6.07, 6.45) is 0. The van der Waals surface area contributed by atoms with E-state index in [9.17, 15) is 28.6 Å². The molecule has 0 unspecified atom stereocenters. The van der Waals surface area contributed by atoms with Gasteiger partial charge in [-0.05, 0) is 54.4 Å². The maximum atomic E-state index is 12.7. The highest BCUT2D eigenvalue weighted by atomic mass is 15.1. The molecule has 0 radical (unpaired) electrons. The monoisotopic (exact) mass is 796 g/mol. The normalized spacial score (nSPS) is 19.7. The first-order valence-corrected chi connectivity index (χ1v) is 17.7. The largest absolute Gasteiger partial charge is 0.307 e. The van der Waals surface area contributed by atoms with E-state index in [0.29, 0.717) is 18.3 Å². The molecule has 0 saturated carbocycles. The molecule has 0 spiro atoms. The van der Waals surface area contributed by atoms with Crippen LogP contribution in [0.3, 0.4) is 0 Å². The van der Waals surface area contributed by atoms with E-state index in [-0.39, 0.29) is 0 Å². The first-order chi connectivity index (χ1) is 43.5. The molecule has 278 valence electrons. The van der Waals surface area contributed by atoms with Crippen molar-refractivity contribution in [2.75, 3.05) is 0 Å². The highest BCUT2D eigenvalue weighted by Crippen LogP contribution is 2.46. The van der Waals surface area contributed by atoms with Crippen molar-refractivity contribution in [3.05, 3.63) is 205 Å². The van der Waals surface area contributed by atoms with Gasteiger partial charge in [0.2, 0.25) is 0 Å². The lowest BCUT2D eigenvalue weighted by Crippen LogP contribution is -2.13. The summed E-state index contributed by atoms with van der Waals surface area (Å²) >= 11 is 0. The van der Waals surface area contributed by atoms with Crippen LogP contribution in [0.15, 0.2) is 199 Å². The van der Waals surface area contributed by atoms with Gasteiger partial charge in [-0.3, -0.25) is 0 Å². The summed E-state index contributed by atoms with van der Waals surface area (Å²) in [5.74, 6) is 0. The van der Waals surface area contributed by atoms with Crippen molar-refractivity contribution in [2.45, 2.75) is 0 Å². The number of aromatic nitrogens is 4. The van der Waals surface area contributed by atoms with Gasteiger partial charge in [0, 0.05) is 43.1 Å². The molecule has 0 aliphatic heterocycles. The smallest absolute Gasteiger partial charge is 0.104 e. The Balaban J connectivity index is 1.55. The highest BCUT2D eigenvalue weighted by Gasteiger charge is 2.30. The van der Waals surface area contributed by atoms with E-state index in [0.717, 1.165) is 0 Å². The molecule has 13 aromatic rings. The molecule has 0 saturated heterocycles. The molecular formula is C55H33N5. The van der Waals surface area contributed by atoms with Crippen LogP contribution >= 0.6 is 0 Å². The molecule has 13 rings (SSSR count). The predicted octanol–water partition coefficient (Wildman–Crippen LogP) is 13.9. The van der Waals surface area contributed by atoms with Gasteiger partial charge in [0.05, 0.1) is 112 Å². The molecular weight excluding hydrogens is 731 g/mol. The van der Waals surface area contributed by atoms with Gasteiger partial charge in [-0.25, -0.2) is 0 Å². The van der Waals surface area contributed by atoms with E-state index in [1.54, 1.807) is 0 Å². The van der Waals surface area contributed by atoms with Gasteiger partial charge in [-0.15, -0.1) is 0 Å². The van der Waals surface area contributed by atoms with Gasteiger partial charge in [0.15, 0.2) is 0 Å². The van der Waals surface area contributed by atoms with Gasteiger partial charge >= 0.3 is 0 Å². The fourth-order valence-corrected chi connectivity index (χ4v) is 8.02. The van der Waals surface area contributed by atoms with Crippen molar-refractivity contribution in [3.8, 4) is 28.8 Å². The predicted molar refractivity (Wildman–Crippen MR) is 249 cm³/mol. The summed E-state index contributed by atoms with van der Waals surface area (Å²) in [4.78, 5) is 0. The molecule has 0 bridgehead atoms. The molecule has 0 aliphatic carbocycles. The maximum absolute atomic E-state index is 12.7. The summed E-state index contributed by atoms with van der Waals surface area (Å²) in [6.45, 7) is 0. The first-order valence-electron chi connectivity index (χ1n) is 34.2. The highest BCUT2D eigenvalue weighted by molar-refractivity contribution is 6.15. The topological polar surface area (TPSA) is 43.5 Å². The summed E-state index contributed by atoms with van der Waals surface area (Å²) < 4.78 is 311. The Labute approximate surface area is 390 Å². The third-order valence-corrected chi connectivity index (χ3v) is 10.3.